The summed E-state index contributed by atoms with van der Waals surface area (Å²) in [4.78, 5) is 12.6. The molecule has 28 heavy (non-hydrogen) atoms. The first kappa shape index (κ1) is 18.4. The zero-order chi connectivity index (χ0) is 19.6. The number of nitrogens with two attached hydrogens (primary N) is 1. The van der Waals surface area contributed by atoms with Gasteiger partial charge >= 0.3 is 0 Å². The highest BCUT2D eigenvalue weighted by Gasteiger charge is 2.36. The van der Waals surface area contributed by atoms with E-state index in [4.69, 9.17) is 5.73 Å². The number of nitrogens with zero attached hydrogens (tertiary/aromatic N) is 2. The van der Waals surface area contributed by atoms with Crippen LogP contribution < -0.4 is 11.1 Å². The summed E-state index contributed by atoms with van der Waals surface area (Å²) in [7, 11) is 0. The number of aromatic nitrogens is 2. The van der Waals surface area contributed by atoms with E-state index in [0.29, 0.717) is 25.1 Å². The highest BCUT2D eigenvalue weighted by atomic mass is 19.1. The average molecular weight is 378 g/mol. The molecule has 3 N–H and O–H groups in total. The van der Waals surface area contributed by atoms with Gasteiger partial charge in [0.25, 0.3) is 0 Å². The first-order valence-electron chi connectivity index (χ1n) is 9.52. The molecule has 0 unspecified atom stereocenters. The van der Waals surface area contributed by atoms with E-state index in [9.17, 15) is 9.18 Å². The molecule has 1 saturated carbocycles. The SMILES string of the molecule is NC1(C(=O)NCc2cn(-c3ccccc3)nc2-c2ccc(F)cc2)CCCC1. The van der Waals surface area contributed by atoms with Gasteiger partial charge in [-0.1, -0.05) is 31.0 Å². The molecular weight excluding hydrogens is 355 g/mol. The van der Waals surface area contributed by atoms with E-state index in [2.05, 4.69) is 10.4 Å². The Labute approximate surface area is 163 Å². The topological polar surface area (TPSA) is 72.9 Å². The van der Waals surface area contributed by atoms with Gasteiger partial charge < -0.3 is 11.1 Å². The van der Waals surface area contributed by atoms with E-state index in [0.717, 1.165) is 29.7 Å². The Morgan fingerprint density at radius 1 is 1.11 bits per heavy atom. The van der Waals surface area contributed by atoms with Gasteiger partial charge in [0.05, 0.1) is 16.9 Å². The lowest BCUT2D eigenvalue weighted by Crippen LogP contribution is -2.51. The summed E-state index contributed by atoms with van der Waals surface area (Å²) in [6, 6.07) is 15.9. The zero-order valence-electron chi connectivity index (χ0n) is 15.6. The van der Waals surface area contributed by atoms with Crippen LogP contribution in [-0.4, -0.2) is 21.2 Å². The molecule has 144 valence electrons. The molecule has 1 heterocycles. The Hall–Kier alpha value is -2.99. The molecule has 1 aromatic heterocycles. The number of amides is 1. The van der Waals surface area contributed by atoms with E-state index < -0.39 is 5.54 Å². The molecule has 4 rings (SSSR count). The molecule has 2 aromatic carbocycles. The van der Waals surface area contributed by atoms with E-state index in [1.165, 1.54) is 12.1 Å². The first-order valence-corrected chi connectivity index (χ1v) is 9.52. The Morgan fingerprint density at radius 3 is 2.46 bits per heavy atom. The summed E-state index contributed by atoms with van der Waals surface area (Å²) < 4.78 is 15.1. The number of hydrogen-bond acceptors (Lipinski definition) is 3. The van der Waals surface area contributed by atoms with Crippen molar-refractivity contribution >= 4 is 5.91 Å². The minimum Gasteiger partial charge on any atom is -0.350 e. The molecule has 0 radical (unpaired) electrons. The van der Waals surface area contributed by atoms with Gasteiger partial charge in [0.15, 0.2) is 0 Å². The van der Waals surface area contributed by atoms with Gasteiger partial charge in [-0.15, -0.1) is 0 Å². The summed E-state index contributed by atoms with van der Waals surface area (Å²) >= 11 is 0. The van der Waals surface area contributed by atoms with Crippen LogP contribution in [0.4, 0.5) is 4.39 Å². The second kappa shape index (κ2) is 7.56. The fourth-order valence-electron chi connectivity index (χ4n) is 3.69. The maximum Gasteiger partial charge on any atom is 0.240 e. The van der Waals surface area contributed by atoms with Gasteiger partial charge in [-0.25, -0.2) is 9.07 Å². The van der Waals surface area contributed by atoms with Crippen molar-refractivity contribution in [3.63, 3.8) is 0 Å². The van der Waals surface area contributed by atoms with Crippen molar-refractivity contribution in [2.24, 2.45) is 5.73 Å². The molecule has 1 aliphatic carbocycles. The lowest BCUT2D eigenvalue weighted by molar-refractivity contribution is -0.126. The standard InChI is InChI=1S/C22H23FN4O/c23-18-10-8-16(9-11-18)20-17(14-25-21(28)22(24)12-4-5-13-22)15-27(26-20)19-6-2-1-3-7-19/h1-3,6-11,15H,4-5,12-14,24H2,(H,25,28). The second-order valence-electron chi connectivity index (χ2n) is 7.34. The van der Waals surface area contributed by atoms with E-state index in [-0.39, 0.29) is 11.7 Å². The monoisotopic (exact) mass is 378 g/mol. The molecule has 1 aliphatic rings. The summed E-state index contributed by atoms with van der Waals surface area (Å²) in [6.07, 6.45) is 5.29. The van der Waals surface area contributed by atoms with Crippen LogP contribution in [0.2, 0.25) is 0 Å². The zero-order valence-corrected chi connectivity index (χ0v) is 15.6. The lowest BCUT2D eigenvalue weighted by Gasteiger charge is -2.22. The van der Waals surface area contributed by atoms with Crippen molar-refractivity contribution in [2.75, 3.05) is 0 Å². The van der Waals surface area contributed by atoms with Gasteiger partial charge in [0.2, 0.25) is 5.91 Å². The van der Waals surface area contributed by atoms with E-state index >= 15 is 0 Å². The Bertz CT molecular complexity index is 960. The van der Waals surface area contributed by atoms with Crippen LogP contribution in [-0.2, 0) is 11.3 Å². The fourth-order valence-corrected chi connectivity index (χ4v) is 3.69. The minimum atomic E-state index is -0.772. The van der Waals surface area contributed by atoms with Gasteiger partial charge in [0, 0.05) is 23.9 Å². The number of para-hydroxylation sites is 1. The molecule has 0 bridgehead atoms. The summed E-state index contributed by atoms with van der Waals surface area (Å²) in [6.45, 7) is 0.317. The highest BCUT2D eigenvalue weighted by Crippen LogP contribution is 2.28. The number of carbonyl (C=O) groups excluding carboxylic acids is 1. The van der Waals surface area contributed by atoms with Crippen LogP contribution in [0.3, 0.4) is 0 Å². The van der Waals surface area contributed by atoms with Crippen LogP contribution in [0.25, 0.3) is 16.9 Å². The number of hydrogen-bond donors (Lipinski definition) is 2. The number of rotatable bonds is 5. The molecule has 0 spiro atoms. The van der Waals surface area contributed by atoms with Crippen molar-refractivity contribution in [2.45, 2.75) is 37.8 Å². The third kappa shape index (κ3) is 3.68. The maximum atomic E-state index is 13.3. The maximum absolute atomic E-state index is 13.3. The quantitative estimate of drug-likeness (QED) is 0.713. The molecule has 3 aromatic rings. The number of carbonyl (C=O) groups is 1. The predicted octanol–water partition coefficient (Wildman–Crippen LogP) is 3.57. The van der Waals surface area contributed by atoms with Crippen LogP contribution in [0.15, 0.2) is 60.8 Å². The van der Waals surface area contributed by atoms with Crippen molar-refractivity contribution < 1.29 is 9.18 Å². The Balaban J connectivity index is 1.63. The predicted molar refractivity (Wildman–Crippen MR) is 106 cm³/mol. The van der Waals surface area contributed by atoms with Crippen LogP contribution in [0.5, 0.6) is 0 Å². The Kier molecular flexibility index (Phi) is 4.96. The normalized spacial score (nSPS) is 15.5. The minimum absolute atomic E-state index is 0.123. The number of nitrogens with one attached hydrogen (secondary N) is 1. The smallest absolute Gasteiger partial charge is 0.240 e. The molecule has 0 atom stereocenters. The third-order valence-corrected chi connectivity index (χ3v) is 5.32. The van der Waals surface area contributed by atoms with Crippen molar-refractivity contribution in [1.82, 2.24) is 15.1 Å². The van der Waals surface area contributed by atoms with Crippen LogP contribution in [0, 0.1) is 5.82 Å². The largest absolute Gasteiger partial charge is 0.350 e. The van der Waals surface area contributed by atoms with E-state index in [1.54, 1.807) is 16.8 Å². The van der Waals surface area contributed by atoms with Gasteiger partial charge in [-0.05, 0) is 49.2 Å². The molecule has 5 nitrogen and oxygen atoms in total. The first-order chi connectivity index (χ1) is 13.5. The second-order valence-corrected chi connectivity index (χ2v) is 7.34. The molecule has 0 saturated heterocycles. The highest BCUT2D eigenvalue weighted by molar-refractivity contribution is 5.86. The van der Waals surface area contributed by atoms with Gasteiger partial charge in [-0.2, -0.15) is 5.10 Å². The van der Waals surface area contributed by atoms with Gasteiger partial charge in [-0.3, -0.25) is 4.79 Å². The summed E-state index contributed by atoms with van der Waals surface area (Å²) in [5.74, 6) is -0.421. The molecular formula is C22H23FN4O. The molecule has 1 fully saturated rings. The van der Waals surface area contributed by atoms with Crippen molar-refractivity contribution in [3.8, 4) is 16.9 Å². The third-order valence-electron chi connectivity index (χ3n) is 5.32. The Morgan fingerprint density at radius 2 is 1.79 bits per heavy atom. The summed E-state index contributed by atoms with van der Waals surface area (Å²) in [5, 5.41) is 7.66. The molecule has 6 heteroatoms. The van der Waals surface area contributed by atoms with Crippen LogP contribution in [0.1, 0.15) is 31.2 Å². The lowest BCUT2D eigenvalue weighted by atomic mass is 9.98. The van der Waals surface area contributed by atoms with Crippen molar-refractivity contribution in [1.29, 1.82) is 0 Å². The summed E-state index contributed by atoms with van der Waals surface area (Å²) in [5.41, 5.74) is 8.75. The van der Waals surface area contributed by atoms with E-state index in [1.807, 2.05) is 36.5 Å². The number of halogens is 1. The average Bonchev–Trinajstić information content (AvgIpc) is 3.35. The molecule has 1 amide bonds. The fraction of sp³-hybridized carbons (Fsp3) is 0.273. The van der Waals surface area contributed by atoms with Crippen molar-refractivity contribution in [3.05, 3.63) is 72.2 Å². The van der Waals surface area contributed by atoms with Gasteiger partial charge in [0.1, 0.15) is 5.82 Å². The number of benzene rings is 2. The van der Waals surface area contributed by atoms with Crippen LogP contribution >= 0.6 is 0 Å². The molecule has 0 aliphatic heterocycles.